The molecule has 2 amide bonds. The van der Waals surface area contributed by atoms with Crippen LogP contribution in [0.25, 0.3) is 0 Å². The number of nitrogens with zero attached hydrogens (tertiary/aromatic N) is 1. The highest BCUT2D eigenvalue weighted by atomic mass is 16.2. The maximum atomic E-state index is 11.9. The van der Waals surface area contributed by atoms with Gasteiger partial charge in [-0.15, -0.1) is 0 Å². The molecule has 0 aliphatic heterocycles. The number of hydrogen-bond donors (Lipinski definition) is 2. The minimum atomic E-state index is -0.0369. The molecule has 4 heteroatoms. The second-order valence-corrected chi connectivity index (χ2v) is 6.09. The lowest BCUT2D eigenvalue weighted by Gasteiger charge is -2.21. The fourth-order valence-electron chi connectivity index (χ4n) is 3.37. The van der Waals surface area contributed by atoms with E-state index < -0.39 is 0 Å². The van der Waals surface area contributed by atoms with E-state index in [0.717, 1.165) is 17.4 Å². The van der Waals surface area contributed by atoms with Gasteiger partial charge in [-0.1, -0.05) is 32.1 Å². The molecule has 1 aromatic rings. The molecule has 20 heavy (non-hydrogen) atoms. The number of urea groups is 1. The summed E-state index contributed by atoms with van der Waals surface area (Å²) in [6.45, 7) is 0.565. The van der Waals surface area contributed by atoms with Crippen molar-refractivity contribution >= 4 is 6.03 Å². The Balaban J connectivity index is 1.37. The molecule has 0 saturated heterocycles. The third-order valence-corrected chi connectivity index (χ3v) is 4.61. The van der Waals surface area contributed by atoms with E-state index in [1.165, 1.54) is 38.5 Å². The summed E-state index contributed by atoms with van der Waals surface area (Å²) in [5.41, 5.74) is 1.08. The number of amides is 2. The molecule has 1 aromatic heterocycles. The molecule has 3 rings (SSSR count). The summed E-state index contributed by atoms with van der Waals surface area (Å²) in [6, 6.07) is 4.21. The second-order valence-electron chi connectivity index (χ2n) is 6.09. The molecular formula is C16H23N3O. The Morgan fingerprint density at radius 2 is 1.95 bits per heavy atom. The van der Waals surface area contributed by atoms with E-state index in [2.05, 4.69) is 15.6 Å². The zero-order valence-corrected chi connectivity index (χ0v) is 11.8. The largest absolute Gasteiger partial charge is 0.335 e. The highest BCUT2D eigenvalue weighted by molar-refractivity contribution is 5.74. The van der Waals surface area contributed by atoms with Gasteiger partial charge in [0, 0.05) is 25.0 Å². The maximum absolute atomic E-state index is 11.9. The summed E-state index contributed by atoms with van der Waals surface area (Å²) in [6.07, 6.45) is 11.5. The number of rotatable bonds is 4. The van der Waals surface area contributed by atoms with Crippen LogP contribution < -0.4 is 10.6 Å². The lowest BCUT2D eigenvalue weighted by Crippen LogP contribution is -2.37. The molecule has 2 atom stereocenters. The summed E-state index contributed by atoms with van der Waals surface area (Å²) in [4.78, 5) is 15.8. The topological polar surface area (TPSA) is 54.0 Å². The lowest BCUT2D eigenvalue weighted by molar-refractivity contribution is 0.238. The first-order valence-corrected chi connectivity index (χ1v) is 7.76. The molecule has 0 bridgehead atoms. The van der Waals surface area contributed by atoms with Crippen molar-refractivity contribution in [3.63, 3.8) is 0 Å². The van der Waals surface area contributed by atoms with Gasteiger partial charge in [0.2, 0.25) is 0 Å². The van der Waals surface area contributed by atoms with Crippen molar-refractivity contribution in [1.82, 2.24) is 15.6 Å². The first kappa shape index (κ1) is 13.4. The molecule has 2 N–H and O–H groups in total. The zero-order valence-electron chi connectivity index (χ0n) is 11.8. The molecule has 0 radical (unpaired) electrons. The Hall–Kier alpha value is -1.58. The third kappa shape index (κ3) is 3.50. The van der Waals surface area contributed by atoms with Gasteiger partial charge in [-0.05, 0) is 36.0 Å². The Kier molecular flexibility index (Phi) is 4.19. The van der Waals surface area contributed by atoms with E-state index in [1.807, 2.05) is 12.1 Å². The van der Waals surface area contributed by atoms with Crippen molar-refractivity contribution in [3.8, 4) is 0 Å². The average Bonchev–Trinajstić information content (AvgIpc) is 3.26. The van der Waals surface area contributed by atoms with Gasteiger partial charge in [-0.3, -0.25) is 4.98 Å². The van der Waals surface area contributed by atoms with Crippen molar-refractivity contribution in [3.05, 3.63) is 30.1 Å². The van der Waals surface area contributed by atoms with E-state index >= 15 is 0 Å². The molecule has 4 nitrogen and oxygen atoms in total. The molecule has 0 aromatic carbocycles. The molecule has 2 saturated carbocycles. The SMILES string of the molecule is O=C(NCc1ccncc1)NC1CC1C1CCCCC1. The Morgan fingerprint density at radius 3 is 2.70 bits per heavy atom. The van der Waals surface area contributed by atoms with Crippen LogP contribution in [0.4, 0.5) is 4.79 Å². The molecule has 2 aliphatic carbocycles. The van der Waals surface area contributed by atoms with Gasteiger partial charge in [0.25, 0.3) is 0 Å². The quantitative estimate of drug-likeness (QED) is 0.886. The van der Waals surface area contributed by atoms with Crippen LogP contribution in [-0.4, -0.2) is 17.1 Å². The van der Waals surface area contributed by atoms with Crippen molar-refractivity contribution in [2.24, 2.45) is 11.8 Å². The van der Waals surface area contributed by atoms with Gasteiger partial charge in [0.05, 0.1) is 0 Å². The minimum absolute atomic E-state index is 0.0369. The molecular weight excluding hydrogens is 250 g/mol. The Labute approximate surface area is 120 Å². The van der Waals surface area contributed by atoms with Crippen molar-refractivity contribution in [2.75, 3.05) is 0 Å². The predicted octanol–water partition coefficient (Wildman–Crippen LogP) is 2.85. The number of pyridine rings is 1. The van der Waals surface area contributed by atoms with E-state index in [0.29, 0.717) is 12.6 Å². The van der Waals surface area contributed by atoms with Gasteiger partial charge < -0.3 is 10.6 Å². The smallest absolute Gasteiger partial charge is 0.315 e. The van der Waals surface area contributed by atoms with Crippen LogP contribution >= 0.6 is 0 Å². The molecule has 2 unspecified atom stereocenters. The van der Waals surface area contributed by atoms with Crippen LogP contribution in [0.2, 0.25) is 0 Å². The van der Waals surface area contributed by atoms with Crippen molar-refractivity contribution in [2.45, 2.75) is 51.1 Å². The summed E-state index contributed by atoms with van der Waals surface area (Å²) in [5.74, 6) is 1.59. The van der Waals surface area contributed by atoms with E-state index in [1.54, 1.807) is 12.4 Å². The highest BCUT2D eigenvalue weighted by Gasteiger charge is 2.43. The standard InChI is InChI=1S/C16H23N3O/c20-16(18-11-12-6-8-17-9-7-12)19-15-10-14(15)13-4-2-1-3-5-13/h6-9,13-15H,1-5,10-11H2,(H2,18,19,20). The van der Waals surface area contributed by atoms with Crippen LogP contribution in [0.1, 0.15) is 44.1 Å². The van der Waals surface area contributed by atoms with Gasteiger partial charge >= 0.3 is 6.03 Å². The average molecular weight is 273 g/mol. The molecule has 2 aliphatic rings. The lowest BCUT2D eigenvalue weighted by atomic mass is 9.85. The fourth-order valence-corrected chi connectivity index (χ4v) is 3.37. The van der Waals surface area contributed by atoms with E-state index in [9.17, 15) is 4.79 Å². The normalized spacial score (nSPS) is 26.0. The number of carbonyl (C=O) groups is 1. The fraction of sp³-hybridized carbons (Fsp3) is 0.625. The minimum Gasteiger partial charge on any atom is -0.335 e. The van der Waals surface area contributed by atoms with Gasteiger partial charge in [0.1, 0.15) is 0 Å². The van der Waals surface area contributed by atoms with Crippen LogP contribution in [0.3, 0.4) is 0 Å². The van der Waals surface area contributed by atoms with Gasteiger partial charge in [-0.25, -0.2) is 4.79 Å². The van der Waals surface area contributed by atoms with Crippen LogP contribution in [-0.2, 0) is 6.54 Å². The summed E-state index contributed by atoms with van der Waals surface area (Å²) < 4.78 is 0. The molecule has 0 spiro atoms. The molecule has 2 fully saturated rings. The van der Waals surface area contributed by atoms with Crippen molar-refractivity contribution < 1.29 is 4.79 Å². The first-order valence-electron chi connectivity index (χ1n) is 7.76. The zero-order chi connectivity index (χ0) is 13.8. The maximum Gasteiger partial charge on any atom is 0.315 e. The van der Waals surface area contributed by atoms with Crippen LogP contribution in [0, 0.1) is 11.8 Å². The monoisotopic (exact) mass is 273 g/mol. The molecule has 1 heterocycles. The number of hydrogen-bond acceptors (Lipinski definition) is 2. The van der Waals surface area contributed by atoms with Crippen LogP contribution in [0.5, 0.6) is 0 Å². The van der Waals surface area contributed by atoms with Gasteiger partial charge in [0.15, 0.2) is 0 Å². The highest BCUT2D eigenvalue weighted by Crippen LogP contribution is 2.44. The first-order chi connectivity index (χ1) is 9.83. The van der Waals surface area contributed by atoms with E-state index in [-0.39, 0.29) is 6.03 Å². The number of nitrogens with one attached hydrogen (secondary N) is 2. The number of aromatic nitrogens is 1. The molecule has 108 valence electrons. The third-order valence-electron chi connectivity index (χ3n) is 4.61. The van der Waals surface area contributed by atoms with E-state index in [4.69, 9.17) is 0 Å². The van der Waals surface area contributed by atoms with Gasteiger partial charge in [-0.2, -0.15) is 0 Å². The number of carbonyl (C=O) groups excluding carboxylic acids is 1. The summed E-state index contributed by atoms with van der Waals surface area (Å²) >= 11 is 0. The predicted molar refractivity (Wildman–Crippen MR) is 78.1 cm³/mol. The van der Waals surface area contributed by atoms with Crippen molar-refractivity contribution in [1.29, 1.82) is 0 Å². The second kappa shape index (κ2) is 6.25. The summed E-state index contributed by atoms with van der Waals surface area (Å²) in [5, 5.41) is 6.02. The Morgan fingerprint density at radius 1 is 1.20 bits per heavy atom. The summed E-state index contributed by atoms with van der Waals surface area (Å²) in [7, 11) is 0. The Bertz CT molecular complexity index is 442. The van der Waals surface area contributed by atoms with Crippen LogP contribution in [0.15, 0.2) is 24.5 Å².